The van der Waals surface area contributed by atoms with Crippen molar-refractivity contribution in [3.05, 3.63) is 35.4 Å². The number of benzene rings is 1. The molecule has 3 nitrogen and oxygen atoms in total. The molecule has 1 aliphatic heterocycles. The van der Waals surface area contributed by atoms with Gasteiger partial charge in [-0.1, -0.05) is 24.3 Å². The molecule has 1 amide bonds. The monoisotopic (exact) mass is 352 g/mol. The summed E-state index contributed by atoms with van der Waals surface area (Å²) in [6.45, 7) is 4.17. The molecule has 1 N–H and O–H groups in total. The zero-order valence-electron chi connectivity index (χ0n) is 15.8. The van der Waals surface area contributed by atoms with Crippen LogP contribution in [0.15, 0.2) is 24.3 Å². The Morgan fingerprint density at radius 3 is 2.19 bits per heavy atom. The van der Waals surface area contributed by atoms with Crippen LogP contribution in [-0.4, -0.2) is 23.9 Å². The van der Waals surface area contributed by atoms with Crippen molar-refractivity contribution >= 4 is 5.91 Å². The molecule has 6 rings (SSSR count). The highest BCUT2D eigenvalue weighted by Crippen LogP contribution is 2.56. The molecule has 5 aliphatic rings. The fraction of sp³-hybridized carbons (Fsp3) is 0.696. The Kier molecular flexibility index (Phi) is 4.52. The summed E-state index contributed by atoms with van der Waals surface area (Å²) >= 11 is 0. The first-order valence-corrected chi connectivity index (χ1v) is 10.8. The lowest BCUT2D eigenvalue weighted by Gasteiger charge is -2.53. The van der Waals surface area contributed by atoms with Crippen molar-refractivity contribution in [3.8, 4) is 0 Å². The van der Waals surface area contributed by atoms with Crippen LogP contribution in [-0.2, 0) is 17.9 Å². The van der Waals surface area contributed by atoms with Crippen molar-refractivity contribution in [1.82, 2.24) is 10.2 Å². The standard InChI is InChI=1S/C23H32N2O/c26-23(22-20-10-16-9-17(12-20)13-21(22)11-16)24-14-18-5-1-2-6-19(18)15-25-7-3-4-8-25/h1-2,5-6,16-17,20-22H,3-4,7-15H2,(H,24,26). The van der Waals surface area contributed by atoms with Crippen molar-refractivity contribution in [2.75, 3.05) is 13.1 Å². The number of carbonyl (C=O) groups excluding carboxylic acids is 1. The molecule has 0 unspecified atom stereocenters. The van der Waals surface area contributed by atoms with E-state index in [0.717, 1.165) is 18.4 Å². The van der Waals surface area contributed by atoms with E-state index in [0.29, 0.717) is 30.2 Å². The largest absolute Gasteiger partial charge is 0.352 e. The third-order valence-electron chi connectivity index (χ3n) is 7.69. The number of hydrogen-bond donors (Lipinski definition) is 1. The summed E-state index contributed by atoms with van der Waals surface area (Å²) in [7, 11) is 0. The normalized spacial score (nSPS) is 35.8. The van der Waals surface area contributed by atoms with Gasteiger partial charge in [-0.15, -0.1) is 0 Å². The zero-order valence-corrected chi connectivity index (χ0v) is 15.8. The topological polar surface area (TPSA) is 32.3 Å². The molecule has 4 saturated carbocycles. The Bertz CT molecular complexity index is 636. The van der Waals surface area contributed by atoms with Crippen LogP contribution in [0.3, 0.4) is 0 Å². The van der Waals surface area contributed by atoms with E-state index < -0.39 is 0 Å². The highest BCUT2D eigenvalue weighted by molar-refractivity contribution is 5.79. The maximum absolute atomic E-state index is 13.0. The molecule has 140 valence electrons. The Balaban J connectivity index is 1.23. The molecule has 3 heteroatoms. The molecule has 1 saturated heterocycles. The van der Waals surface area contributed by atoms with Crippen LogP contribution in [0.5, 0.6) is 0 Å². The number of carbonyl (C=O) groups is 1. The molecule has 1 aromatic rings. The van der Waals surface area contributed by atoms with Gasteiger partial charge < -0.3 is 5.32 Å². The molecule has 1 heterocycles. The van der Waals surface area contributed by atoms with Crippen molar-refractivity contribution in [2.45, 2.75) is 58.0 Å². The van der Waals surface area contributed by atoms with Crippen molar-refractivity contribution in [2.24, 2.45) is 29.6 Å². The van der Waals surface area contributed by atoms with Gasteiger partial charge in [-0.2, -0.15) is 0 Å². The summed E-state index contributed by atoms with van der Waals surface area (Å²) < 4.78 is 0. The minimum absolute atomic E-state index is 0.300. The smallest absolute Gasteiger partial charge is 0.223 e. The zero-order chi connectivity index (χ0) is 17.5. The van der Waals surface area contributed by atoms with Crippen LogP contribution in [0.2, 0.25) is 0 Å². The van der Waals surface area contributed by atoms with Crippen LogP contribution in [0.25, 0.3) is 0 Å². The maximum atomic E-state index is 13.0. The van der Waals surface area contributed by atoms with Gasteiger partial charge >= 0.3 is 0 Å². The van der Waals surface area contributed by atoms with E-state index in [9.17, 15) is 4.79 Å². The first-order valence-electron chi connectivity index (χ1n) is 10.8. The lowest BCUT2D eigenvalue weighted by molar-refractivity contribution is -0.138. The van der Waals surface area contributed by atoms with Crippen LogP contribution in [0.4, 0.5) is 0 Å². The summed E-state index contributed by atoms with van der Waals surface area (Å²) in [5.74, 6) is 3.85. The maximum Gasteiger partial charge on any atom is 0.223 e. The summed E-state index contributed by atoms with van der Waals surface area (Å²) in [4.78, 5) is 15.6. The number of nitrogens with zero attached hydrogens (tertiary/aromatic N) is 1. The molecule has 0 radical (unpaired) electrons. The van der Waals surface area contributed by atoms with Gasteiger partial charge in [-0.25, -0.2) is 0 Å². The highest BCUT2D eigenvalue weighted by Gasteiger charge is 2.50. The minimum atomic E-state index is 0.300. The van der Waals surface area contributed by atoms with Gasteiger partial charge in [-0.3, -0.25) is 9.69 Å². The highest BCUT2D eigenvalue weighted by atomic mass is 16.1. The number of hydrogen-bond acceptors (Lipinski definition) is 2. The first-order chi connectivity index (χ1) is 12.8. The molecule has 1 aromatic carbocycles. The summed E-state index contributed by atoms with van der Waals surface area (Å²) in [5.41, 5.74) is 2.69. The van der Waals surface area contributed by atoms with Gasteiger partial charge in [0.2, 0.25) is 5.91 Å². The van der Waals surface area contributed by atoms with Crippen molar-refractivity contribution in [3.63, 3.8) is 0 Å². The second kappa shape index (κ2) is 6.99. The molecule has 4 aliphatic carbocycles. The van der Waals surface area contributed by atoms with Crippen molar-refractivity contribution in [1.29, 1.82) is 0 Å². The second-order valence-corrected chi connectivity index (χ2v) is 9.43. The molecule has 5 fully saturated rings. The summed E-state index contributed by atoms with van der Waals surface area (Å²) in [6, 6.07) is 8.68. The molecular formula is C23H32N2O. The van der Waals surface area contributed by atoms with E-state index in [1.807, 2.05) is 0 Å². The average molecular weight is 353 g/mol. The first kappa shape index (κ1) is 16.8. The molecular weight excluding hydrogens is 320 g/mol. The van der Waals surface area contributed by atoms with E-state index in [4.69, 9.17) is 0 Å². The van der Waals surface area contributed by atoms with E-state index in [-0.39, 0.29) is 0 Å². The predicted molar refractivity (Wildman–Crippen MR) is 103 cm³/mol. The van der Waals surface area contributed by atoms with Gasteiger partial charge in [0.15, 0.2) is 0 Å². The lowest BCUT2D eigenvalue weighted by atomic mass is 9.51. The number of likely N-dealkylation sites (tertiary alicyclic amines) is 1. The Hall–Kier alpha value is -1.35. The van der Waals surface area contributed by atoms with E-state index >= 15 is 0 Å². The van der Waals surface area contributed by atoms with E-state index in [1.54, 1.807) is 0 Å². The molecule has 0 spiro atoms. The summed E-state index contributed by atoms with van der Waals surface area (Å²) in [6.07, 6.45) is 9.36. The third-order valence-corrected chi connectivity index (χ3v) is 7.69. The van der Waals surface area contributed by atoms with Crippen LogP contribution >= 0.6 is 0 Å². The number of rotatable bonds is 5. The molecule has 4 bridgehead atoms. The number of nitrogens with one attached hydrogen (secondary N) is 1. The fourth-order valence-corrected chi connectivity index (χ4v) is 6.72. The van der Waals surface area contributed by atoms with Crippen molar-refractivity contribution < 1.29 is 4.79 Å². The Morgan fingerprint density at radius 1 is 0.923 bits per heavy atom. The van der Waals surface area contributed by atoms with Crippen LogP contribution in [0.1, 0.15) is 56.1 Å². The van der Waals surface area contributed by atoms with E-state index in [1.165, 1.54) is 69.2 Å². The molecule has 0 atom stereocenters. The third kappa shape index (κ3) is 3.19. The predicted octanol–water partition coefficient (Wildman–Crippen LogP) is 3.97. The average Bonchev–Trinajstić information content (AvgIpc) is 3.13. The fourth-order valence-electron chi connectivity index (χ4n) is 6.72. The second-order valence-electron chi connectivity index (χ2n) is 9.43. The van der Waals surface area contributed by atoms with Gasteiger partial charge in [-0.05, 0) is 92.8 Å². The minimum Gasteiger partial charge on any atom is -0.352 e. The van der Waals surface area contributed by atoms with Gasteiger partial charge in [0.05, 0.1) is 0 Å². The van der Waals surface area contributed by atoms with Crippen LogP contribution in [0, 0.1) is 29.6 Å². The quantitative estimate of drug-likeness (QED) is 0.869. The Labute approximate surface area is 157 Å². The van der Waals surface area contributed by atoms with Crippen LogP contribution < -0.4 is 5.32 Å². The number of amides is 1. The van der Waals surface area contributed by atoms with E-state index in [2.05, 4.69) is 34.5 Å². The molecule has 0 aromatic heterocycles. The summed E-state index contributed by atoms with van der Waals surface area (Å²) in [5, 5.41) is 3.33. The SMILES string of the molecule is O=C(NCc1ccccc1CN1CCCC1)C1C2CC3CC(C2)CC1C3. The Morgan fingerprint density at radius 2 is 1.54 bits per heavy atom. The van der Waals surface area contributed by atoms with Gasteiger partial charge in [0.1, 0.15) is 0 Å². The lowest BCUT2D eigenvalue weighted by Crippen LogP contribution is -2.50. The molecule has 26 heavy (non-hydrogen) atoms. The van der Waals surface area contributed by atoms with Gasteiger partial charge in [0, 0.05) is 19.0 Å². The van der Waals surface area contributed by atoms with Gasteiger partial charge in [0.25, 0.3) is 0 Å².